The lowest BCUT2D eigenvalue weighted by Crippen LogP contribution is -2.29. The normalized spacial score (nSPS) is 13.2. The van der Waals surface area contributed by atoms with Crippen molar-refractivity contribution in [3.05, 3.63) is 24.0 Å². The fourth-order valence-electron chi connectivity index (χ4n) is 2.44. The van der Waals surface area contributed by atoms with Crippen molar-refractivity contribution in [1.29, 1.82) is 0 Å². The maximum atomic E-state index is 12.7. The number of ether oxygens (including phenoxy) is 1. The van der Waals surface area contributed by atoms with Gasteiger partial charge in [-0.1, -0.05) is 5.10 Å². The zero-order valence-electron chi connectivity index (χ0n) is 14.0. The third-order valence-electron chi connectivity index (χ3n) is 3.59. The molecule has 0 unspecified atom stereocenters. The van der Waals surface area contributed by atoms with E-state index in [9.17, 15) is 8.42 Å². The predicted molar refractivity (Wildman–Crippen MR) is 93.0 cm³/mol. The summed E-state index contributed by atoms with van der Waals surface area (Å²) in [5.41, 5.74) is 1.22. The third-order valence-corrected chi connectivity index (χ3v) is 5.68. The highest BCUT2D eigenvalue weighted by atomic mass is 32.2. The average molecular weight is 382 g/mol. The monoisotopic (exact) mass is 382 g/mol. The first-order valence-corrected chi connectivity index (χ1v) is 9.98. The number of nitrogens with one attached hydrogen (secondary N) is 1. The standard InChI is InChI=1S/C14H18N6O3S2/c1-4-20-13(15-16-14(20)23-5-2)9(3)19-25(21,22)10-6-7-11-12(8-10)18-24-17-11/h6-9,19H,4-5H2,1-3H3/t9-/m1/s1. The fraction of sp³-hybridized carbons (Fsp3) is 0.429. The Labute approximate surface area is 149 Å². The lowest BCUT2D eigenvalue weighted by molar-refractivity contribution is 0.294. The molecule has 9 nitrogen and oxygen atoms in total. The maximum absolute atomic E-state index is 12.7. The van der Waals surface area contributed by atoms with Gasteiger partial charge in [-0.2, -0.15) is 8.75 Å². The summed E-state index contributed by atoms with van der Waals surface area (Å²) in [6, 6.07) is 4.45. The molecule has 0 spiro atoms. The zero-order chi connectivity index (χ0) is 18.0. The number of rotatable bonds is 7. The molecule has 2 aromatic heterocycles. The minimum atomic E-state index is -3.74. The van der Waals surface area contributed by atoms with Crippen LogP contribution in [0, 0.1) is 0 Å². The second-order valence-corrected chi connectivity index (χ2v) is 7.52. The number of benzene rings is 1. The largest absolute Gasteiger partial charge is 0.464 e. The van der Waals surface area contributed by atoms with Crippen molar-refractivity contribution < 1.29 is 13.2 Å². The maximum Gasteiger partial charge on any atom is 0.316 e. The Kier molecular flexibility index (Phi) is 4.97. The van der Waals surface area contributed by atoms with Crippen molar-refractivity contribution in [3.63, 3.8) is 0 Å². The highest BCUT2D eigenvalue weighted by Crippen LogP contribution is 2.21. The molecule has 3 aromatic rings. The van der Waals surface area contributed by atoms with Crippen LogP contribution < -0.4 is 9.46 Å². The SMILES string of the molecule is CCOc1nnc([C@@H](C)NS(=O)(=O)c2ccc3nsnc3c2)n1CC. The number of hydrogen-bond donors (Lipinski definition) is 1. The quantitative estimate of drug-likeness (QED) is 0.662. The summed E-state index contributed by atoms with van der Waals surface area (Å²) in [5.74, 6) is 0.492. The van der Waals surface area contributed by atoms with Crippen molar-refractivity contribution in [2.75, 3.05) is 6.61 Å². The number of sulfonamides is 1. The Balaban J connectivity index is 1.87. The van der Waals surface area contributed by atoms with Crippen LogP contribution in [0.1, 0.15) is 32.6 Å². The van der Waals surface area contributed by atoms with Gasteiger partial charge in [-0.15, -0.1) is 5.10 Å². The Morgan fingerprint density at radius 2 is 2.00 bits per heavy atom. The minimum Gasteiger partial charge on any atom is -0.464 e. The van der Waals surface area contributed by atoms with Gasteiger partial charge in [0.05, 0.1) is 29.3 Å². The summed E-state index contributed by atoms with van der Waals surface area (Å²) in [6.07, 6.45) is 0. The van der Waals surface area contributed by atoms with Crippen LogP contribution in [0.2, 0.25) is 0 Å². The van der Waals surface area contributed by atoms with E-state index >= 15 is 0 Å². The summed E-state index contributed by atoms with van der Waals surface area (Å²) >= 11 is 1.04. The fourth-order valence-corrected chi connectivity index (χ4v) is 4.17. The molecule has 0 saturated heterocycles. The van der Waals surface area contributed by atoms with Crippen LogP contribution in [0.15, 0.2) is 23.1 Å². The van der Waals surface area contributed by atoms with Crippen LogP contribution in [-0.2, 0) is 16.6 Å². The Morgan fingerprint density at radius 3 is 2.72 bits per heavy atom. The van der Waals surface area contributed by atoms with Crippen LogP contribution >= 0.6 is 11.7 Å². The first kappa shape index (κ1) is 17.7. The molecule has 0 fully saturated rings. The van der Waals surface area contributed by atoms with Gasteiger partial charge in [0.15, 0.2) is 5.82 Å². The van der Waals surface area contributed by atoms with Gasteiger partial charge >= 0.3 is 6.01 Å². The minimum absolute atomic E-state index is 0.132. The van der Waals surface area contributed by atoms with Gasteiger partial charge in [-0.05, 0) is 39.0 Å². The average Bonchev–Trinajstić information content (AvgIpc) is 3.20. The van der Waals surface area contributed by atoms with E-state index in [1.54, 1.807) is 17.6 Å². The van der Waals surface area contributed by atoms with E-state index in [1.165, 1.54) is 12.1 Å². The van der Waals surface area contributed by atoms with Crippen molar-refractivity contribution in [3.8, 4) is 6.01 Å². The summed E-state index contributed by atoms with van der Waals surface area (Å²) in [5, 5.41) is 8.04. The molecule has 0 radical (unpaired) electrons. The van der Waals surface area contributed by atoms with Gasteiger partial charge in [-0.3, -0.25) is 4.57 Å². The Bertz CT molecular complexity index is 982. The van der Waals surface area contributed by atoms with Gasteiger partial charge in [0.2, 0.25) is 10.0 Å². The molecular formula is C14H18N6O3S2. The molecule has 0 aliphatic rings. The summed E-state index contributed by atoms with van der Waals surface area (Å²) in [6.45, 7) is 6.51. The summed E-state index contributed by atoms with van der Waals surface area (Å²) < 4.78 is 43.3. The van der Waals surface area contributed by atoms with Crippen molar-refractivity contribution >= 4 is 32.8 Å². The van der Waals surface area contributed by atoms with E-state index in [4.69, 9.17) is 4.74 Å². The van der Waals surface area contributed by atoms with E-state index in [1.807, 2.05) is 13.8 Å². The molecule has 0 saturated carbocycles. The molecule has 2 heterocycles. The lowest BCUT2D eigenvalue weighted by Gasteiger charge is -2.15. The molecule has 1 N–H and O–H groups in total. The first-order chi connectivity index (χ1) is 12.0. The van der Waals surface area contributed by atoms with Crippen LogP contribution in [0.3, 0.4) is 0 Å². The van der Waals surface area contributed by atoms with Crippen LogP contribution in [0.5, 0.6) is 6.01 Å². The van der Waals surface area contributed by atoms with Crippen molar-refractivity contribution in [1.82, 2.24) is 28.2 Å². The zero-order valence-corrected chi connectivity index (χ0v) is 15.6. The van der Waals surface area contributed by atoms with Gasteiger partial charge < -0.3 is 4.74 Å². The van der Waals surface area contributed by atoms with E-state index in [2.05, 4.69) is 23.7 Å². The van der Waals surface area contributed by atoms with Gasteiger partial charge in [-0.25, -0.2) is 13.1 Å². The lowest BCUT2D eigenvalue weighted by atomic mass is 10.3. The highest BCUT2D eigenvalue weighted by Gasteiger charge is 2.24. The summed E-state index contributed by atoms with van der Waals surface area (Å²) in [4.78, 5) is 0.132. The van der Waals surface area contributed by atoms with Crippen LogP contribution in [0.4, 0.5) is 0 Å². The Morgan fingerprint density at radius 1 is 1.24 bits per heavy atom. The molecule has 0 aliphatic carbocycles. The highest BCUT2D eigenvalue weighted by molar-refractivity contribution is 7.89. The Hall–Kier alpha value is -2.11. The third kappa shape index (κ3) is 3.48. The molecule has 134 valence electrons. The van der Waals surface area contributed by atoms with Crippen LogP contribution in [-0.4, -0.2) is 38.5 Å². The molecule has 0 aliphatic heterocycles. The smallest absolute Gasteiger partial charge is 0.316 e. The number of nitrogens with zero attached hydrogens (tertiary/aromatic N) is 5. The van der Waals surface area contributed by atoms with Crippen molar-refractivity contribution in [2.24, 2.45) is 0 Å². The van der Waals surface area contributed by atoms with Crippen LogP contribution in [0.25, 0.3) is 11.0 Å². The van der Waals surface area contributed by atoms with E-state index < -0.39 is 16.1 Å². The van der Waals surface area contributed by atoms with E-state index in [0.717, 1.165) is 11.7 Å². The second-order valence-electron chi connectivity index (χ2n) is 5.28. The second kappa shape index (κ2) is 7.02. The predicted octanol–water partition coefficient (Wildman–Crippen LogP) is 1.74. The van der Waals surface area contributed by atoms with Gasteiger partial charge in [0.25, 0.3) is 0 Å². The molecule has 1 atom stereocenters. The van der Waals surface area contributed by atoms with Crippen molar-refractivity contribution in [2.45, 2.75) is 38.3 Å². The molecule has 1 aromatic carbocycles. The number of hydrogen-bond acceptors (Lipinski definition) is 8. The van der Waals surface area contributed by atoms with Gasteiger partial charge in [0.1, 0.15) is 11.0 Å². The summed E-state index contributed by atoms with van der Waals surface area (Å²) in [7, 11) is -3.74. The first-order valence-electron chi connectivity index (χ1n) is 7.76. The molecular weight excluding hydrogens is 364 g/mol. The van der Waals surface area contributed by atoms with Gasteiger partial charge in [0, 0.05) is 6.54 Å². The number of aromatic nitrogens is 5. The van der Waals surface area contributed by atoms with E-state index in [0.29, 0.717) is 36.0 Å². The molecule has 25 heavy (non-hydrogen) atoms. The topological polar surface area (TPSA) is 112 Å². The molecule has 11 heteroatoms. The number of fused-ring (bicyclic) bond motifs is 1. The molecule has 0 amide bonds. The molecule has 3 rings (SSSR count). The van der Waals surface area contributed by atoms with E-state index in [-0.39, 0.29) is 4.90 Å². The molecule has 0 bridgehead atoms.